The molecule has 13 heavy (non-hydrogen) atoms. The molecule has 3 N–H and O–H groups in total. The van der Waals surface area contributed by atoms with Gasteiger partial charge in [-0.1, -0.05) is 0 Å². The first-order chi connectivity index (χ1) is 5.98. The standard InChI is InChI=1S/C7H18N2O3S/c1-7(2)12-5-4-9-13(10,11)6-3-8/h7,9H,3-6,8H2,1-2H3. The monoisotopic (exact) mass is 210 g/mol. The number of rotatable bonds is 7. The molecule has 0 aliphatic rings. The van der Waals surface area contributed by atoms with Gasteiger partial charge in [-0.05, 0) is 13.8 Å². The van der Waals surface area contributed by atoms with E-state index in [1.807, 2.05) is 13.8 Å². The molecule has 0 aromatic heterocycles. The van der Waals surface area contributed by atoms with Crippen LogP contribution in [0.3, 0.4) is 0 Å². The SMILES string of the molecule is CC(C)OCCNS(=O)(=O)CCN. The molecule has 0 aliphatic carbocycles. The lowest BCUT2D eigenvalue weighted by Crippen LogP contribution is -2.32. The molecular formula is C7H18N2O3S. The van der Waals surface area contributed by atoms with Crippen LogP contribution < -0.4 is 10.5 Å². The van der Waals surface area contributed by atoms with Crippen molar-refractivity contribution in [3.05, 3.63) is 0 Å². The van der Waals surface area contributed by atoms with Crippen molar-refractivity contribution in [3.8, 4) is 0 Å². The zero-order valence-corrected chi connectivity index (χ0v) is 8.93. The molecule has 0 bridgehead atoms. The molecule has 5 nitrogen and oxygen atoms in total. The molecule has 0 saturated heterocycles. The fourth-order valence-corrected chi connectivity index (χ4v) is 1.57. The summed E-state index contributed by atoms with van der Waals surface area (Å²) in [5.74, 6) is -0.0331. The van der Waals surface area contributed by atoms with Crippen molar-refractivity contribution in [1.82, 2.24) is 4.72 Å². The Morgan fingerprint density at radius 3 is 2.54 bits per heavy atom. The Morgan fingerprint density at radius 1 is 1.46 bits per heavy atom. The zero-order chi connectivity index (χ0) is 10.3. The van der Waals surface area contributed by atoms with Gasteiger partial charge in [-0.15, -0.1) is 0 Å². The maximum atomic E-state index is 11.0. The van der Waals surface area contributed by atoms with Crippen LogP contribution in [-0.2, 0) is 14.8 Å². The predicted octanol–water partition coefficient (Wildman–Crippen LogP) is -0.710. The molecule has 0 radical (unpaired) electrons. The molecule has 0 saturated carbocycles. The van der Waals surface area contributed by atoms with E-state index in [-0.39, 0.29) is 18.4 Å². The average molecular weight is 210 g/mol. The van der Waals surface area contributed by atoms with Gasteiger partial charge >= 0.3 is 0 Å². The van der Waals surface area contributed by atoms with Crippen LogP contribution in [0, 0.1) is 0 Å². The molecular weight excluding hydrogens is 192 g/mol. The summed E-state index contributed by atoms with van der Waals surface area (Å²) in [5.41, 5.74) is 5.12. The molecule has 0 heterocycles. The van der Waals surface area contributed by atoms with E-state index in [2.05, 4.69) is 4.72 Å². The fraction of sp³-hybridized carbons (Fsp3) is 1.00. The van der Waals surface area contributed by atoms with E-state index in [0.29, 0.717) is 13.2 Å². The Labute approximate surface area is 79.7 Å². The Balaban J connectivity index is 3.53. The summed E-state index contributed by atoms with van der Waals surface area (Å²) in [5, 5.41) is 0. The van der Waals surface area contributed by atoms with Crippen LogP contribution in [0.15, 0.2) is 0 Å². The lowest BCUT2D eigenvalue weighted by atomic mass is 10.5. The summed E-state index contributed by atoms with van der Waals surface area (Å²) < 4.78 is 29.6. The van der Waals surface area contributed by atoms with E-state index in [9.17, 15) is 8.42 Å². The minimum absolute atomic E-state index is 0.0331. The summed E-state index contributed by atoms with van der Waals surface area (Å²) in [4.78, 5) is 0. The van der Waals surface area contributed by atoms with Gasteiger partial charge in [0.2, 0.25) is 10.0 Å². The normalized spacial score (nSPS) is 12.3. The van der Waals surface area contributed by atoms with Gasteiger partial charge in [-0.2, -0.15) is 0 Å². The van der Waals surface area contributed by atoms with Crippen molar-refractivity contribution >= 4 is 10.0 Å². The van der Waals surface area contributed by atoms with E-state index in [0.717, 1.165) is 0 Å². The smallest absolute Gasteiger partial charge is 0.212 e. The van der Waals surface area contributed by atoms with Crippen LogP contribution in [-0.4, -0.2) is 40.0 Å². The minimum Gasteiger partial charge on any atom is -0.377 e. The van der Waals surface area contributed by atoms with Crippen molar-refractivity contribution in [1.29, 1.82) is 0 Å². The molecule has 0 aromatic rings. The third-order valence-electron chi connectivity index (χ3n) is 1.26. The second-order valence-electron chi connectivity index (χ2n) is 2.92. The van der Waals surface area contributed by atoms with E-state index in [4.69, 9.17) is 10.5 Å². The highest BCUT2D eigenvalue weighted by atomic mass is 32.2. The number of nitrogens with two attached hydrogens (primary N) is 1. The summed E-state index contributed by atoms with van der Waals surface area (Å²) >= 11 is 0. The highest BCUT2D eigenvalue weighted by molar-refractivity contribution is 7.89. The van der Waals surface area contributed by atoms with Crippen LogP contribution in [0.1, 0.15) is 13.8 Å². The Morgan fingerprint density at radius 2 is 2.08 bits per heavy atom. The zero-order valence-electron chi connectivity index (χ0n) is 8.12. The summed E-state index contributed by atoms with van der Waals surface area (Å²) in [6.45, 7) is 4.63. The molecule has 0 fully saturated rings. The van der Waals surface area contributed by atoms with E-state index in [1.54, 1.807) is 0 Å². The van der Waals surface area contributed by atoms with Gasteiger partial charge in [0.25, 0.3) is 0 Å². The van der Waals surface area contributed by atoms with Crippen molar-refractivity contribution in [2.75, 3.05) is 25.4 Å². The number of nitrogens with one attached hydrogen (secondary N) is 1. The average Bonchev–Trinajstić information content (AvgIpc) is 1.98. The number of ether oxygens (including phenoxy) is 1. The number of hydrogen-bond acceptors (Lipinski definition) is 4. The van der Waals surface area contributed by atoms with Gasteiger partial charge in [-0.25, -0.2) is 13.1 Å². The first-order valence-electron chi connectivity index (χ1n) is 4.27. The Kier molecular flexibility index (Phi) is 6.23. The van der Waals surface area contributed by atoms with E-state index >= 15 is 0 Å². The van der Waals surface area contributed by atoms with Gasteiger partial charge in [0.15, 0.2) is 0 Å². The summed E-state index contributed by atoms with van der Waals surface area (Å²) in [6, 6.07) is 0. The molecule has 6 heteroatoms. The molecule has 0 aromatic carbocycles. The summed E-state index contributed by atoms with van der Waals surface area (Å²) in [7, 11) is -3.18. The first kappa shape index (κ1) is 12.8. The van der Waals surface area contributed by atoms with E-state index < -0.39 is 10.0 Å². The molecule has 0 spiro atoms. The van der Waals surface area contributed by atoms with Gasteiger partial charge in [0, 0.05) is 13.1 Å². The van der Waals surface area contributed by atoms with Crippen molar-refractivity contribution in [3.63, 3.8) is 0 Å². The molecule has 0 rings (SSSR count). The van der Waals surface area contributed by atoms with Crippen LogP contribution in [0.4, 0.5) is 0 Å². The van der Waals surface area contributed by atoms with Crippen LogP contribution in [0.25, 0.3) is 0 Å². The van der Waals surface area contributed by atoms with Gasteiger partial charge in [-0.3, -0.25) is 0 Å². The third-order valence-corrected chi connectivity index (χ3v) is 2.68. The van der Waals surface area contributed by atoms with Crippen LogP contribution in [0.2, 0.25) is 0 Å². The lowest BCUT2D eigenvalue weighted by Gasteiger charge is -2.08. The largest absolute Gasteiger partial charge is 0.377 e. The summed E-state index contributed by atoms with van der Waals surface area (Å²) in [6.07, 6.45) is 0.124. The molecule has 80 valence electrons. The molecule has 0 amide bonds. The Bertz CT molecular complexity index is 214. The number of sulfonamides is 1. The maximum absolute atomic E-state index is 11.0. The fourth-order valence-electron chi connectivity index (χ4n) is 0.719. The second-order valence-corrected chi connectivity index (χ2v) is 4.85. The lowest BCUT2D eigenvalue weighted by molar-refractivity contribution is 0.0834. The van der Waals surface area contributed by atoms with Crippen LogP contribution >= 0.6 is 0 Å². The molecule has 0 atom stereocenters. The highest BCUT2D eigenvalue weighted by Gasteiger charge is 2.06. The maximum Gasteiger partial charge on any atom is 0.212 e. The van der Waals surface area contributed by atoms with Crippen molar-refractivity contribution < 1.29 is 13.2 Å². The highest BCUT2D eigenvalue weighted by Crippen LogP contribution is 1.86. The van der Waals surface area contributed by atoms with Crippen molar-refractivity contribution in [2.24, 2.45) is 5.73 Å². The van der Waals surface area contributed by atoms with Gasteiger partial charge in [0.05, 0.1) is 18.5 Å². The van der Waals surface area contributed by atoms with Gasteiger partial charge < -0.3 is 10.5 Å². The minimum atomic E-state index is -3.18. The topological polar surface area (TPSA) is 81.4 Å². The third kappa shape index (κ3) is 8.17. The predicted molar refractivity (Wildman–Crippen MR) is 51.9 cm³/mol. The van der Waals surface area contributed by atoms with Gasteiger partial charge in [0.1, 0.15) is 0 Å². The first-order valence-corrected chi connectivity index (χ1v) is 5.92. The van der Waals surface area contributed by atoms with E-state index in [1.165, 1.54) is 0 Å². The molecule has 0 aliphatic heterocycles. The molecule has 0 unspecified atom stereocenters. The second kappa shape index (κ2) is 6.31. The Hall–Kier alpha value is -0.170. The van der Waals surface area contributed by atoms with Crippen LogP contribution in [0.5, 0.6) is 0 Å². The quantitative estimate of drug-likeness (QED) is 0.544. The number of hydrogen-bond donors (Lipinski definition) is 2. The van der Waals surface area contributed by atoms with Crippen molar-refractivity contribution in [2.45, 2.75) is 20.0 Å².